The van der Waals surface area contributed by atoms with Gasteiger partial charge in [-0.3, -0.25) is 14.2 Å². The zero-order valence-electron chi connectivity index (χ0n) is 11.0. The number of Topliss-reactive ketones (excluding diaryl/α,β-unsaturated/α-hetero) is 1. The molecule has 2 heterocycles. The van der Waals surface area contributed by atoms with Gasteiger partial charge in [-0.1, -0.05) is 12.1 Å². The zero-order chi connectivity index (χ0) is 14.1. The number of aryl methyl sites for hydroxylation is 1. The summed E-state index contributed by atoms with van der Waals surface area (Å²) in [5.74, 6) is -0.107. The fourth-order valence-electron chi connectivity index (χ4n) is 2.13. The van der Waals surface area contributed by atoms with Gasteiger partial charge in [0.05, 0.1) is 23.8 Å². The van der Waals surface area contributed by atoms with E-state index >= 15 is 0 Å². The molecule has 0 bridgehead atoms. The van der Waals surface area contributed by atoms with Crippen LogP contribution in [0.25, 0.3) is 10.9 Å². The molecule has 100 valence electrons. The van der Waals surface area contributed by atoms with Crippen molar-refractivity contribution in [3.05, 3.63) is 65.0 Å². The van der Waals surface area contributed by atoms with E-state index in [4.69, 9.17) is 0 Å². The first-order valence-electron chi connectivity index (χ1n) is 6.24. The Balaban J connectivity index is 1.97. The fourth-order valence-corrected chi connectivity index (χ4v) is 2.13. The van der Waals surface area contributed by atoms with E-state index in [-0.39, 0.29) is 17.9 Å². The molecule has 3 rings (SSSR count). The van der Waals surface area contributed by atoms with Gasteiger partial charge in [-0.15, -0.1) is 0 Å². The van der Waals surface area contributed by atoms with Crippen molar-refractivity contribution in [3.63, 3.8) is 0 Å². The number of rotatable bonds is 3. The SMILES string of the molecule is Cn1ccc(C(=O)Cn2cnc3ccccc3c2=O)c1. The van der Waals surface area contributed by atoms with Crippen LogP contribution in [0.15, 0.2) is 53.8 Å². The van der Waals surface area contributed by atoms with Crippen LogP contribution in [-0.2, 0) is 13.6 Å². The Bertz CT molecular complexity index is 845. The van der Waals surface area contributed by atoms with E-state index in [1.54, 1.807) is 41.2 Å². The van der Waals surface area contributed by atoms with Crippen molar-refractivity contribution >= 4 is 16.7 Å². The third kappa shape index (κ3) is 2.14. The normalized spacial score (nSPS) is 10.8. The van der Waals surface area contributed by atoms with Crippen molar-refractivity contribution in [3.8, 4) is 0 Å². The van der Waals surface area contributed by atoms with Gasteiger partial charge in [-0.2, -0.15) is 0 Å². The molecule has 5 heteroatoms. The molecule has 2 aromatic heterocycles. The van der Waals surface area contributed by atoms with Crippen LogP contribution in [0.2, 0.25) is 0 Å². The van der Waals surface area contributed by atoms with Crippen LogP contribution in [0, 0.1) is 0 Å². The van der Waals surface area contributed by atoms with Crippen molar-refractivity contribution in [2.75, 3.05) is 0 Å². The number of ketones is 1. The number of para-hydroxylation sites is 1. The number of carbonyl (C=O) groups is 1. The molecule has 0 saturated carbocycles. The molecule has 0 aliphatic heterocycles. The molecule has 0 spiro atoms. The largest absolute Gasteiger partial charge is 0.357 e. The molecule has 0 fully saturated rings. The van der Waals surface area contributed by atoms with Crippen molar-refractivity contribution in [2.45, 2.75) is 6.54 Å². The minimum absolute atomic E-state index is 0.000676. The molecule has 0 aliphatic carbocycles. The molecule has 0 radical (unpaired) electrons. The highest BCUT2D eigenvalue weighted by Gasteiger charge is 2.10. The molecule has 3 aromatic rings. The van der Waals surface area contributed by atoms with Crippen LogP contribution in [0.5, 0.6) is 0 Å². The van der Waals surface area contributed by atoms with E-state index < -0.39 is 0 Å². The Kier molecular flexibility index (Phi) is 2.95. The molecule has 5 nitrogen and oxygen atoms in total. The van der Waals surface area contributed by atoms with Crippen LogP contribution >= 0.6 is 0 Å². The average molecular weight is 267 g/mol. The van der Waals surface area contributed by atoms with Crippen molar-refractivity contribution in [1.82, 2.24) is 14.1 Å². The van der Waals surface area contributed by atoms with Gasteiger partial charge in [-0.25, -0.2) is 4.98 Å². The molecule has 0 saturated heterocycles. The van der Waals surface area contributed by atoms with E-state index in [9.17, 15) is 9.59 Å². The minimum Gasteiger partial charge on any atom is -0.357 e. The molecule has 0 amide bonds. The van der Waals surface area contributed by atoms with Crippen molar-refractivity contribution in [2.24, 2.45) is 7.05 Å². The van der Waals surface area contributed by atoms with E-state index in [0.717, 1.165) is 0 Å². The quantitative estimate of drug-likeness (QED) is 0.677. The lowest BCUT2D eigenvalue weighted by molar-refractivity contribution is 0.0970. The lowest BCUT2D eigenvalue weighted by atomic mass is 10.2. The van der Waals surface area contributed by atoms with Gasteiger partial charge in [0.2, 0.25) is 0 Å². The van der Waals surface area contributed by atoms with Crippen LogP contribution in [0.1, 0.15) is 10.4 Å². The summed E-state index contributed by atoms with van der Waals surface area (Å²) in [5, 5.41) is 0.524. The maximum Gasteiger partial charge on any atom is 0.261 e. The zero-order valence-corrected chi connectivity index (χ0v) is 11.0. The maximum absolute atomic E-state index is 12.3. The third-order valence-corrected chi connectivity index (χ3v) is 3.20. The van der Waals surface area contributed by atoms with Crippen molar-refractivity contribution in [1.29, 1.82) is 0 Å². The Hall–Kier alpha value is -2.69. The molecule has 20 heavy (non-hydrogen) atoms. The predicted octanol–water partition coefficient (Wildman–Crippen LogP) is 1.62. The second-order valence-corrected chi connectivity index (χ2v) is 4.68. The van der Waals surface area contributed by atoms with Gasteiger partial charge in [0.1, 0.15) is 0 Å². The van der Waals surface area contributed by atoms with Gasteiger partial charge >= 0.3 is 0 Å². The smallest absolute Gasteiger partial charge is 0.261 e. The molecule has 0 aliphatic rings. The average Bonchev–Trinajstić information content (AvgIpc) is 2.89. The van der Waals surface area contributed by atoms with Crippen LogP contribution in [0.4, 0.5) is 0 Å². The van der Waals surface area contributed by atoms with E-state index in [0.29, 0.717) is 16.5 Å². The van der Waals surface area contributed by atoms with E-state index in [1.807, 2.05) is 13.1 Å². The lowest BCUT2D eigenvalue weighted by Crippen LogP contribution is -2.24. The summed E-state index contributed by atoms with van der Waals surface area (Å²) < 4.78 is 3.15. The Morgan fingerprint density at radius 3 is 2.80 bits per heavy atom. The fraction of sp³-hybridized carbons (Fsp3) is 0.133. The lowest BCUT2D eigenvalue weighted by Gasteiger charge is -2.05. The second kappa shape index (κ2) is 4.77. The number of nitrogens with zero attached hydrogens (tertiary/aromatic N) is 3. The Morgan fingerprint density at radius 1 is 1.25 bits per heavy atom. The first-order valence-corrected chi connectivity index (χ1v) is 6.24. The highest BCUT2D eigenvalue weighted by Crippen LogP contribution is 2.06. The van der Waals surface area contributed by atoms with Gasteiger partial charge in [0.15, 0.2) is 5.78 Å². The first-order chi connectivity index (χ1) is 9.65. The maximum atomic E-state index is 12.3. The Labute approximate surface area is 115 Å². The minimum atomic E-state index is -0.195. The van der Waals surface area contributed by atoms with Gasteiger partial charge in [0, 0.05) is 25.0 Å². The molecule has 0 unspecified atom stereocenters. The number of aromatic nitrogens is 3. The third-order valence-electron chi connectivity index (χ3n) is 3.20. The summed E-state index contributed by atoms with van der Waals surface area (Å²) in [7, 11) is 1.85. The van der Waals surface area contributed by atoms with Gasteiger partial charge in [0.25, 0.3) is 5.56 Å². The standard InChI is InChI=1S/C15H13N3O2/c1-17-7-6-11(8-17)14(19)9-18-10-16-13-5-3-2-4-12(13)15(18)20/h2-8,10H,9H2,1H3. The molecule has 1 aromatic carbocycles. The Morgan fingerprint density at radius 2 is 2.05 bits per heavy atom. The number of carbonyl (C=O) groups excluding carboxylic acids is 1. The summed E-state index contributed by atoms with van der Waals surface area (Å²) in [6.45, 7) is 0.000676. The van der Waals surface area contributed by atoms with Crippen LogP contribution in [-0.4, -0.2) is 19.9 Å². The monoisotopic (exact) mass is 267 g/mol. The topological polar surface area (TPSA) is 56.9 Å². The van der Waals surface area contributed by atoms with Gasteiger partial charge < -0.3 is 4.57 Å². The molecule has 0 N–H and O–H groups in total. The summed E-state index contributed by atoms with van der Waals surface area (Å²) in [5.41, 5.74) is 1.04. The summed E-state index contributed by atoms with van der Waals surface area (Å²) in [4.78, 5) is 28.6. The predicted molar refractivity (Wildman–Crippen MR) is 75.7 cm³/mol. The first kappa shape index (κ1) is 12.3. The van der Waals surface area contributed by atoms with E-state index in [2.05, 4.69) is 4.98 Å². The van der Waals surface area contributed by atoms with Crippen LogP contribution in [0.3, 0.4) is 0 Å². The number of benzene rings is 1. The van der Waals surface area contributed by atoms with Gasteiger partial charge in [-0.05, 0) is 18.2 Å². The van der Waals surface area contributed by atoms with Crippen LogP contribution < -0.4 is 5.56 Å². The highest BCUT2D eigenvalue weighted by molar-refractivity contribution is 5.95. The molecule has 0 atom stereocenters. The second-order valence-electron chi connectivity index (χ2n) is 4.68. The van der Waals surface area contributed by atoms with Crippen molar-refractivity contribution < 1.29 is 4.79 Å². The summed E-state index contributed by atoms with van der Waals surface area (Å²) in [6.07, 6.45) is 4.96. The number of hydrogen-bond donors (Lipinski definition) is 0. The van der Waals surface area contributed by atoms with E-state index in [1.165, 1.54) is 10.9 Å². The summed E-state index contributed by atoms with van der Waals surface area (Å²) >= 11 is 0. The number of hydrogen-bond acceptors (Lipinski definition) is 3. The molecular weight excluding hydrogens is 254 g/mol. The molecular formula is C15H13N3O2. The number of fused-ring (bicyclic) bond motifs is 1. The highest BCUT2D eigenvalue weighted by atomic mass is 16.1. The summed E-state index contributed by atoms with van der Waals surface area (Å²) in [6, 6.07) is 8.85.